The average Bonchev–Trinajstić information content (AvgIpc) is 2.34. The van der Waals surface area contributed by atoms with Crippen molar-refractivity contribution in [2.75, 3.05) is 6.54 Å². The highest BCUT2D eigenvalue weighted by Crippen LogP contribution is 2.16. The van der Waals surface area contributed by atoms with E-state index in [2.05, 4.69) is 5.32 Å². The summed E-state index contributed by atoms with van der Waals surface area (Å²) in [5.41, 5.74) is 0. The predicted molar refractivity (Wildman–Crippen MR) is 42.3 cm³/mol. The first kappa shape index (κ1) is 7.75. The second-order valence-corrected chi connectivity index (χ2v) is 3.63. The monoisotopic (exact) mass is 159 g/mol. The molecule has 1 heterocycles. The lowest BCUT2D eigenvalue weighted by Crippen LogP contribution is -2.29. The van der Waals surface area contributed by atoms with E-state index in [9.17, 15) is 4.79 Å². The quantitative estimate of drug-likeness (QED) is 0.499. The van der Waals surface area contributed by atoms with Crippen LogP contribution in [-0.2, 0) is 4.79 Å². The van der Waals surface area contributed by atoms with Gasteiger partial charge < -0.3 is 10.4 Å². The van der Waals surface area contributed by atoms with Gasteiger partial charge in [0.1, 0.15) is 6.04 Å². The highest BCUT2D eigenvalue weighted by molar-refractivity contribution is 6.08. The fourth-order valence-electron chi connectivity index (χ4n) is 1.31. The summed E-state index contributed by atoms with van der Waals surface area (Å²) in [6, 6.07) is 0.954. The Labute approximate surface area is 63.2 Å². The van der Waals surface area contributed by atoms with Crippen LogP contribution in [0.2, 0.25) is 6.04 Å². The molecule has 0 unspecified atom stereocenters. The lowest BCUT2D eigenvalue weighted by Gasteiger charge is -2.02. The van der Waals surface area contributed by atoms with Gasteiger partial charge in [0.15, 0.2) is 0 Å². The molecule has 0 aromatic rings. The van der Waals surface area contributed by atoms with E-state index in [-0.39, 0.29) is 6.04 Å². The fraction of sp³-hybridized carbons (Fsp3) is 0.833. The number of carboxylic acid groups (broad SMARTS) is 1. The molecule has 1 saturated heterocycles. The molecule has 0 amide bonds. The minimum atomic E-state index is -0.697. The van der Waals surface area contributed by atoms with Crippen molar-refractivity contribution < 1.29 is 9.90 Å². The van der Waals surface area contributed by atoms with Crippen molar-refractivity contribution in [1.29, 1.82) is 0 Å². The summed E-state index contributed by atoms with van der Waals surface area (Å²) >= 11 is 0. The van der Waals surface area contributed by atoms with Gasteiger partial charge in [-0.05, 0) is 18.9 Å². The molecule has 0 saturated carbocycles. The van der Waals surface area contributed by atoms with Crippen LogP contribution in [0.1, 0.15) is 6.42 Å². The van der Waals surface area contributed by atoms with E-state index in [0.29, 0.717) is 5.92 Å². The van der Waals surface area contributed by atoms with Gasteiger partial charge in [0, 0.05) is 10.2 Å². The maximum Gasteiger partial charge on any atom is 0.320 e. The largest absolute Gasteiger partial charge is 0.480 e. The molecular formula is C6H13NO2Si. The smallest absolute Gasteiger partial charge is 0.320 e. The van der Waals surface area contributed by atoms with E-state index in [1.165, 1.54) is 16.3 Å². The Bertz CT molecular complexity index is 140. The fourth-order valence-corrected chi connectivity index (χ4v) is 1.93. The molecule has 1 aliphatic heterocycles. The third kappa shape index (κ3) is 1.57. The van der Waals surface area contributed by atoms with Crippen LogP contribution in [0.5, 0.6) is 0 Å². The Hall–Kier alpha value is -0.353. The minimum Gasteiger partial charge on any atom is -0.480 e. The minimum absolute atomic E-state index is 0.265. The van der Waals surface area contributed by atoms with Crippen molar-refractivity contribution in [1.82, 2.24) is 5.32 Å². The van der Waals surface area contributed by atoms with Gasteiger partial charge in [0.25, 0.3) is 0 Å². The summed E-state index contributed by atoms with van der Waals surface area (Å²) in [6.07, 6.45) is 0.832. The first-order valence-corrected chi connectivity index (χ1v) is 5.11. The third-order valence-corrected chi connectivity index (χ3v) is 3.25. The highest BCUT2D eigenvalue weighted by atomic mass is 28.1. The molecule has 4 heteroatoms. The van der Waals surface area contributed by atoms with E-state index in [4.69, 9.17) is 5.11 Å². The zero-order valence-electron chi connectivity index (χ0n) is 6.13. The normalized spacial score (nSPS) is 32.8. The van der Waals surface area contributed by atoms with Crippen LogP contribution in [0.3, 0.4) is 0 Å². The third-order valence-electron chi connectivity index (χ3n) is 2.10. The van der Waals surface area contributed by atoms with E-state index in [1.807, 2.05) is 0 Å². The van der Waals surface area contributed by atoms with Crippen molar-refractivity contribution in [2.24, 2.45) is 5.92 Å². The SMILES string of the molecule is O=C(O)[C@@H]1C[C@H](C[SiH3])CN1. The highest BCUT2D eigenvalue weighted by Gasteiger charge is 2.27. The summed E-state index contributed by atoms with van der Waals surface area (Å²) in [7, 11) is 1.19. The van der Waals surface area contributed by atoms with Crippen molar-refractivity contribution in [3.63, 3.8) is 0 Å². The molecule has 0 spiro atoms. The molecule has 0 radical (unpaired) electrons. The van der Waals surface area contributed by atoms with Gasteiger partial charge in [0.05, 0.1) is 0 Å². The number of hydrogen-bond donors (Lipinski definition) is 2. The Morgan fingerprint density at radius 3 is 2.80 bits per heavy atom. The second-order valence-electron chi connectivity index (χ2n) is 2.81. The molecule has 1 fully saturated rings. The van der Waals surface area contributed by atoms with Gasteiger partial charge in [-0.2, -0.15) is 0 Å². The predicted octanol–water partition coefficient (Wildman–Crippen LogP) is -1.17. The zero-order chi connectivity index (χ0) is 7.56. The van der Waals surface area contributed by atoms with Gasteiger partial charge >= 0.3 is 5.97 Å². The number of hydrogen-bond acceptors (Lipinski definition) is 2. The number of nitrogens with one attached hydrogen (secondary N) is 1. The molecule has 0 aromatic carbocycles. The van der Waals surface area contributed by atoms with Gasteiger partial charge in [-0.15, -0.1) is 0 Å². The van der Waals surface area contributed by atoms with Crippen molar-refractivity contribution >= 4 is 16.2 Å². The summed E-state index contributed by atoms with van der Waals surface area (Å²) in [5.74, 6) is -0.0645. The van der Waals surface area contributed by atoms with E-state index >= 15 is 0 Å². The summed E-state index contributed by atoms with van der Waals surface area (Å²) in [4.78, 5) is 10.4. The number of carboxylic acids is 1. The Morgan fingerprint density at radius 2 is 2.50 bits per heavy atom. The number of aliphatic carboxylic acids is 1. The van der Waals surface area contributed by atoms with Crippen LogP contribution in [0.15, 0.2) is 0 Å². The molecular weight excluding hydrogens is 146 g/mol. The van der Waals surface area contributed by atoms with Crippen LogP contribution in [0.25, 0.3) is 0 Å². The van der Waals surface area contributed by atoms with Crippen LogP contribution in [-0.4, -0.2) is 33.9 Å². The molecule has 0 aromatic heterocycles. The van der Waals surface area contributed by atoms with Crippen molar-refractivity contribution in [2.45, 2.75) is 18.5 Å². The average molecular weight is 159 g/mol. The molecule has 1 aliphatic rings. The molecule has 3 nitrogen and oxygen atoms in total. The molecule has 1 rings (SSSR count). The number of rotatable bonds is 2. The second kappa shape index (κ2) is 3.16. The lowest BCUT2D eigenvalue weighted by atomic mass is 10.1. The summed E-state index contributed by atoms with van der Waals surface area (Å²) in [5, 5.41) is 11.6. The topological polar surface area (TPSA) is 49.3 Å². The number of carbonyl (C=O) groups is 1. The molecule has 2 N–H and O–H groups in total. The van der Waals surface area contributed by atoms with E-state index in [0.717, 1.165) is 13.0 Å². The van der Waals surface area contributed by atoms with Gasteiger partial charge in [-0.1, -0.05) is 6.04 Å². The maximum absolute atomic E-state index is 10.4. The summed E-state index contributed by atoms with van der Waals surface area (Å²) < 4.78 is 0. The molecule has 58 valence electrons. The van der Waals surface area contributed by atoms with Crippen molar-refractivity contribution in [3.8, 4) is 0 Å². The Morgan fingerprint density at radius 1 is 1.80 bits per heavy atom. The Balaban J connectivity index is 2.35. The van der Waals surface area contributed by atoms with Crippen LogP contribution < -0.4 is 5.32 Å². The van der Waals surface area contributed by atoms with Gasteiger partial charge in [0.2, 0.25) is 0 Å². The van der Waals surface area contributed by atoms with Crippen LogP contribution in [0.4, 0.5) is 0 Å². The molecule has 0 bridgehead atoms. The molecule has 2 atom stereocenters. The first-order valence-electron chi connectivity index (χ1n) is 3.70. The molecule has 0 aliphatic carbocycles. The van der Waals surface area contributed by atoms with Gasteiger partial charge in [-0.25, -0.2) is 0 Å². The standard InChI is InChI=1S/C6H13NO2Si/c8-6(9)5-1-4(3-10)2-7-5/h4-5,7H,1-3H2,10H3,(H,8,9)/t4-,5-/m0/s1. The molecule has 10 heavy (non-hydrogen) atoms. The first-order chi connectivity index (χ1) is 4.74. The Kier molecular flexibility index (Phi) is 2.45. The van der Waals surface area contributed by atoms with Gasteiger partial charge in [-0.3, -0.25) is 4.79 Å². The van der Waals surface area contributed by atoms with Crippen LogP contribution >= 0.6 is 0 Å². The zero-order valence-corrected chi connectivity index (χ0v) is 8.13. The summed E-state index contributed by atoms with van der Waals surface area (Å²) in [6.45, 7) is 0.903. The van der Waals surface area contributed by atoms with Crippen molar-refractivity contribution in [3.05, 3.63) is 0 Å². The lowest BCUT2D eigenvalue weighted by molar-refractivity contribution is -0.139. The van der Waals surface area contributed by atoms with Crippen LogP contribution in [0, 0.1) is 5.92 Å². The maximum atomic E-state index is 10.4. The van der Waals surface area contributed by atoms with E-state index < -0.39 is 5.97 Å². The van der Waals surface area contributed by atoms with E-state index in [1.54, 1.807) is 0 Å².